The van der Waals surface area contributed by atoms with Gasteiger partial charge in [0.05, 0.1) is 17.1 Å². The van der Waals surface area contributed by atoms with Crippen LogP contribution >= 0.6 is 0 Å². The Bertz CT molecular complexity index is 1160. The zero-order chi connectivity index (χ0) is 33.9. The number of nitrogens with one attached hydrogen (secondary N) is 1. The summed E-state index contributed by atoms with van der Waals surface area (Å²) >= 11 is 0. The number of hydrogen-bond donors (Lipinski definition) is 5. The van der Waals surface area contributed by atoms with Crippen molar-refractivity contribution in [2.24, 2.45) is 16.8 Å². The topological polar surface area (TPSA) is 160 Å². The van der Waals surface area contributed by atoms with E-state index in [1.807, 2.05) is 0 Å². The molecule has 2 unspecified atom stereocenters. The van der Waals surface area contributed by atoms with Crippen LogP contribution in [0.1, 0.15) is 148 Å². The van der Waals surface area contributed by atoms with Crippen LogP contribution < -0.4 is 11.1 Å². The molecular formula is C36H64N6O5. The number of nitrogens with two attached hydrogens (primary N) is 1. The summed E-state index contributed by atoms with van der Waals surface area (Å²) in [6.45, 7) is 8.73. The molecular weight excluding hydrogens is 596 g/mol. The fourth-order valence-corrected chi connectivity index (χ4v) is 6.39. The molecule has 1 fully saturated rings. The van der Waals surface area contributed by atoms with E-state index < -0.39 is 24.5 Å². The molecule has 6 N–H and O–H groups in total. The molecule has 0 aliphatic carbocycles. The number of fused-ring (bicyclic) bond motifs is 1. The van der Waals surface area contributed by atoms with Crippen LogP contribution in [-0.2, 0) is 9.47 Å². The number of rotatable bonds is 26. The number of hydrogen-bond acceptors (Lipinski definition) is 9. The van der Waals surface area contributed by atoms with Crippen LogP contribution in [0.2, 0.25) is 0 Å². The number of ether oxygens (including phenoxy) is 2. The quantitative estimate of drug-likeness (QED) is 0.0230. The fourth-order valence-electron chi connectivity index (χ4n) is 6.39. The van der Waals surface area contributed by atoms with Gasteiger partial charge in [-0.25, -0.2) is 9.97 Å². The summed E-state index contributed by atoms with van der Waals surface area (Å²) in [4.78, 5) is 8.83. The predicted molar refractivity (Wildman–Crippen MR) is 189 cm³/mol. The minimum absolute atomic E-state index is 0.103. The van der Waals surface area contributed by atoms with E-state index >= 15 is 0 Å². The summed E-state index contributed by atoms with van der Waals surface area (Å²) < 4.78 is 13.7. The van der Waals surface area contributed by atoms with E-state index in [1.165, 1.54) is 89.8 Å². The van der Waals surface area contributed by atoms with Gasteiger partial charge in [-0.15, -0.1) is 0 Å². The van der Waals surface area contributed by atoms with E-state index in [2.05, 4.69) is 41.2 Å². The molecule has 4 atom stereocenters. The Morgan fingerprint density at radius 3 is 2.11 bits per heavy atom. The van der Waals surface area contributed by atoms with E-state index in [0.29, 0.717) is 47.9 Å². The highest BCUT2D eigenvalue weighted by Gasteiger charge is 2.44. The summed E-state index contributed by atoms with van der Waals surface area (Å²) in [7, 11) is 0. The Hall–Kier alpha value is -2.47. The summed E-state index contributed by atoms with van der Waals surface area (Å²) in [6, 6.07) is 0. The summed E-state index contributed by atoms with van der Waals surface area (Å²) in [5.74, 6) is 0.956. The van der Waals surface area contributed by atoms with Crippen molar-refractivity contribution in [1.82, 2.24) is 14.5 Å². The molecule has 1 aliphatic rings. The lowest BCUT2D eigenvalue weighted by atomic mass is 10.0. The second-order valence-electron chi connectivity index (χ2n) is 13.7. The van der Waals surface area contributed by atoms with Crippen LogP contribution in [0.5, 0.6) is 0 Å². The van der Waals surface area contributed by atoms with Gasteiger partial charge in [0.25, 0.3) is 0 Å². The third kappa shape index (κ3) is 12.8. The maximum Gasteiger partial charge on any atom is 0.172 e. The number of aliphatic hydroxyl groups is 2. The van der Waals surface area contributed by atoms with Crippen LogP contribution in [0.15, 0.2) is 17.7 Å². The average Bonchev–Trinajstić information content (AvgIpc) is 3.58. The molecule has 1 saturated heterocycles. The van der Waals surface area contributed by atoms with Crippen molar-refractivity contribution in [3.05, 3.63) is 18.1 Å². The second kappa shape index (κ2) is 22.2. The largest absolute Gasteiger partial charge is 0.409 e. The third-order valence-electron chi connectivity index (χ3n) is 9.29. The lowest BCUT2D eigenvalue weighted by Gasteiger charge is -2.17. The first-order valence-corrected chi connectivity index (χ1v) is 18.6. The van der Waals surface area contributed by atoms with Crippen molar-refractivity contribution in [3.63, 3.8) is 0 Å². The molecule has 2 aromatic heterocycles. The van der Waals surface area contributed by atoms with Gasteiger partial charge in [0.2, 0.25) is 0 Å². The molecule has 47 heavy (non-hydrogen) atoms. The number of aliphatic hydroxyl groups excluding tert-OH is 2. The van der Waals surface area contributed by atoms with Crippen LogP contribution in [0.4, 0.5) is 5.82 Å². The van der Waals surface area contributed by atoms with Crippen LogP contribution in [-0.4, -0.2) is 73.9 Å². The Kier molecular flexibility index (Phi) is 18.4. The van der Waals surface area contributed by atoms with Crippen molar-refractivity contribution in [3.8, 4) is 0 Å². The van der Waals surface area contributed by atoms with Gasteiger partial charge in [-0.05, 0) is 38.0 Å². The smallest absolute Gasteiger partial charge is 0.172 e. The summed E-state index contributed by atoms with van der Waals surface area (Å²) in [6.07, 6.45) is 21.5. The summed E-state index contributed by atoms with van der Waals surface area (Å²) in [5, 5.41) is 38.4. The Morgan fingerprint density at radius 1 is 0.915 bits per heavy atom. The van der Waals surface area contributed by atoms with Crippen molar-refractivity contribution in [1.29, 1.82) is 0 Å². The predicted octanol–water partition coefficient (Wildman–Crippen LogP) is 7.27. The number of anilines is 1. The van der Waals surface area contributed by atoms with Gasteiger partial charge in [0.1, 0.15) is 30.0 Å². The SMILES string of the molecule is CCCCCCCCCCCCCCCCOCCCCC1O[C@@H](n2cc(C(N)=NO)c3c(NCCC(C)C)ncnc32)[C@H](O)C1O. The lowest BCUT2D eigenvalue weighted by molar-refractivity contribution is -0.0375. The Balaban J connectivity index is 1.33. The Labute approximate surface area is 282 Å². The third-order valence-corrected chi connectivity index (χ3v) is 9.29. The standard InChI is InChI=1S/C36H64N6O5/c1-4-5-6-7-8-9-10-11-12-13-14-15-16-18-23-46-24-19-17-20-29-31(43)32(44)36(47-29)42-25-28(33(37)41-45)30-34(38-22-21-27(2)3)39-26-40-35(30)42/h25-27,29,31-32,36,43-45H,4-24H2,1-3H3,(H2,37,41)(H,38,39,40)/t29?,31?,32-,36-/m1/s1. The number of aromatic nitrogens is 3. The van der Waals surface area contributed by atoms with Crippen molar-refractivity contribution in [2.75, 3.05) is 25.1 Å². The Morgan fingerprint density at radius 2 is 1.51 bits per heavy atom. The first kappa shape index (κ1) is 39.0. The van der Waals surface area contributed by atoms with Gasteiger partial charge in [-0.2, -0.15) is 0 Å². The van der Waals surface area contributed by atoms with Crippen molar-refractivity contribution in [2.45, 2.75) is 161 Å². The molecule has 2 aromatic rings. The molecule has 0 spiro atoms. The van der Waals surface area contributed by atoms with E-state index in [1.54, 1.807) is 10.8 Å². The molecule has 3 heterocycles. The maximum atomic E-state index is 11.0. The number of amidine groups is 1. The van der Waals surface area contributed by atoms with Crippen molar-refractivity contribution >= 4 is 22.7 Å². The number of unbranched alkanes of at least 4 members (excludes halogenated alkanes) is 14. The second-order valence-corrected chi connectivity index (χ2v) is 13.7. The molecule has 1 aliphatic heterocycles. The van der Waals surface area contributed by atoms with E-state index in [9.17, 15) is 15.4 Å². The van der Waals surface area contributed by atoms with E-state index in [0.717, 1.165) is 32.3 Å². The molecule has 0 aromatic carbocycles. The highest BCUT2D eigenvalue weighted by molar-refractivity contribution is 6.11. The number of oxime groups is 1. The van der Waals surface area contributed by atoms with Gasteiger partial charge in [0.15, 0.2) is 12.1 Å². The average molecular weight is 661 g/mol. The van der Waals surface area contributed by atoms with Crippen LogP contribution in [0.25, 0.3) is 11.0 Å². The maximum absolute atomic E-state index is 11.0. The molecule has 11 heteroatoms. The highest BCUT2D eigenvalue weighted by Crippen LogP contribution is 2.36. The molecule has 0 radical (unpaired) electrons. The monoisotopic (exact) mass is 660 g/mol. The van der Waals surface area contributed by atoms with Gasteiger partial charge >= 0.3 is 0 Å². The minimum atomic E-state index is -1.17. The van der Waals surface area contributed by atoms with Crippen LogP contribution in [0, 0.1) is 5.92 Å². The van der Waals surface area contributed by atoms with E-state index in [-0.39, 0.29) is 5.84 Å². The molecule has 0 saturated carbocycles. The fraction of sp³-hybridized carbons (Fsp3) is 0.806. The lowest BCUT2D eigenvalue weighted by Crippen LogP contribution is -2.31. The highest BCUT2D eigenvalue weighted by atomic mass is 16.6. The first-order chi connectivity index (χ1) is 22.9. The van der Waals surface area contributed by atoms with Gasteiger partial charge in [-0.1, -0.05) is 109 Å². The minimum Gasteiger partial charge on any atom is -0.409 e. The molecule has 0 bridgehead atoms. The first-order valence-electron chi connectivity index (χ1n) is 18.6. The van der Waals surface area contributed by atoms with Gasteiger partial charge in [0, 0.05) is 26.0 Å². The van der Waals surface area contributed by atoms with Crippen LogP contribution in [0.3, 0.4) is 0 Å². The van der Waals surface area contributed by atoms with Crippen molar-refractivity contribution < 1.29 is 24.9 Å². The molecule has 0 amide bonds. The van der Waals surface area contributed by atoms with Gasteiger partial charge < -0.3 is 40.5 Å². The van der Waals surface area contributed by atoms with E-state index in [4.69, 9.17) is 15.2 Å². The molecule has 268 valence electrons. The molecule has 3 rings (SSSR count). The normalized spacial score (nSPS) is 20.2. The number of nitrogens with zero attached hydrogens (tertiary/aromatic N) is 4. The zero-order valence-corrected chi connectivity index (χ0v) is 29.4. The zero-order valence-electron chi connectivity index (χ0n) is 29.4. The molecule has 11 nitrogen and oxygen atoms in total. The van der Waals surface area contributed by atoms with Gasteiger partial charge in [-0.3, -0.25) is 0 Å². The summed E-state index contributed by atoms with van der Waals surface area (Å²) in [5.41, 5.74) is 6.91.